The van der Waals surface area contributed by atoms with Gasteiger partial charge in [0.15, 0.2) is 24.8 Å². The van der Waals surface area contributed by atoms with Crippen LogP contribution in [0.15, 0.2) is 12.2 Å². The number of aliphatic hydroxyl groups is 12. The number of ether oxygens (including phenoxy) is 8. The normalized spacial score (nSPS) is 46.4. The van der Waals surface area contributed by atoms with Crippen molar-refractivity contribution in [2.24, 2.45) is 17.8 Å². The molecule has 3 aliphatic carbocycles. The molecule has 3 heterocycles. The van der Waals surface area contributed by atoms with E-state index in [2.05, 4.69) is 4.74 Å². The molecule has 6 aliphatic rings. The van der Waals surface area contributed by atoms with Crippen LogP contribution in [0.1, 0.15) is 70.6 Å². The predicted octanol–water partition coefficient (Wildman–Crippen LogP) is -3.44. The first-order chi connectivity index (χ1) is 28.6. The minimum absolute atomic E-state index is 0.0381. The number of methoxy groups -OCH3 is 1. The fraction of sp³-hybridized carbons (Fsp3) is 0.900. The molecule has 0 aromatic rings. The Morgan fingerprint density at radius 1 is 0.650 bits per heavy atom. The summed E-state index contributed by atoms with van der Waals surface area (Å²) >= 11 is 0. The van der Waals surface area contributed by atoms with Gasteiger partial charge in [-0.2, -0.15) is 0 Å². The maximum Gasteiger partial charge on any atom is 0.317 e. The summed E-state index contributed by atoms with van der Waals surface area (Å²) in [5, 5.41) is 107. The van der Waals surface area contributed by atoms with Crippen molar-refractivity contribution in [2.75, 3.05) is 26.9 Å². The average Bonchev–Trinajstić information content (AvgIpc) is 3.22. The van der Waals surface area contributed by atoms with Crippen LogP contribution in [0.2, 0.25) is 0 Å². The highest BCUT2D eigenvalue weighted by molar-refractivity contribution is 5.91. The van der Waals surface area contributed by atoms with Crippen molar-refractivity contribution in [1.82, 2.24) is 0 Å². The first-order valence-electron chi connectivity index (χ1n) is 21.2. The van der Waals surface area contributed by atoms with Crippen molar-refractivity contribution in [2.45, 2.75) is 181 Å². The van der Waals surface area contributed by atoms with Gasteiger partial charge in [0.1, 0.15) is 68.0 Å². The molecule has 0 bridgehead atoms. The first-order valence-corrected chi connectivity index (χ1v) is 21.2. The molecule has 0 aromatic heterocycles. The van der Waals surface area contributed by atoms with Gasteiger partial charge in [-0.3, -0.25) is 9.59 Å². The number of allylic oxidation sites excluding steroid dienone is 1. The molecule has 19 atom stereocenters. The zero-order valence-corrected chi connectivity index (χ0v) is 33.8. The summed E-state index contributed by atoms with van der Waals surface area (Å²) in [6.07, 6.45) is -13.9. The number of carbonyl (C=O) groups excluding carboxylic acids is 2. The SMILES string of the molecule is COC(=O)CC(=O)OC[C@H]1O[C@@H](OC2CC(O)CC3[OH+]C(C4CCC(O)C(O)C4)C(O[C@@H]4O[C@H](COCC=CC5CCC(O)CC5)[C@@H](O)[C@H](O)[C@H]4O)CC23)[C@H](O)[C@@H](O)[C@@H]1O. The van der Waals surface area contributed by atoms with Gasteiger partial charge in [0.2, 0.25) is 0 Å². The van der Waals surface area contributed by atoms with Gasteiger partial charge in [0, 0.05) is 18.8 Å². The topological polar surface area (TPSA) is 314 Å². The third-order valence-electron chi connectivity index (χ3n) is 13.1. The zero-order valence-electron chi connectivity index (χ0n) is 33.8. The van der Waals surface area contributed by atoms with E-state index in [1.54, 1.807) is 0 Å². The van der Waals surface area contributed by atoms with Crippen LogP contribution in [0.4, 0.5) is 0 Å². The van der Waals surface area contributed by atoms with Crippen molar-refractivity contribution >= 4 is 11.9 Å². The van der Waals surface area contributed by atoms with E-state index in [1.165, 1.54) is 0 Å². The Morgan fingerprint density at radius 3 is 1.92 bits per heavy atom. The molecule has 3 saturated heterocycles. The first kappa shape index (κ1) is 47.5. The smallest absolute Gasteiger partial charge is 0.317 e. The van der Waals surface area contributed by atoms with Crippen molar-refractivity contribution < 1.29 is 98.5 Å². The van der Waals surface area contributed by atoms with Crippen LogP contribution in [0.25, 0.3) is 0 Å². The number of fused-ring (bicyclic) bond motifs is 1. The maximum atomic E-state index is 12.1. The third-order valence-corrected chi connectivity index (χ3v) is 13.1. The molecule has 0 spiro atoms. The largest absolute Gasteiger partial charge is 0.469 e. The fourth-order valence-electron chi connectivity index (χ4n) is 9.52. The molecule has 344 valence electrons. The van der Waals surface area contributed by atoms with E-state index in [1.807, 2.05) is 12.2 Å². The van der Waals surface area contributed by atoms with Crippen LogP contribution >= 0.6 is 0 Å². The van der Waals surface area contributed by atoms with Gasteiger partial charge in [-0.15, -0.1) is 0 Å². The lowest BCUT2D eigenvalue weighted by Crippen LogP contribution is -2.64. The van der Waals surface area contributed by atoms with E-state index >= 15 is 0 Å². The Morgan fingerprint density at radius 2 is 1.28 bits per heavy atom. The van der Waals surface area contributed by atoms with E-state index in [0.29, 0.717) is 18.8 Å². The van der Waals surface area contributed by atoms with Crippen molar-refractivity contribution in [3.8, 4) is 0 Å². The molecule has 0 amide bonds. The summed E-state index contributed by atoms with van der Waals surface area (Å²) in [4.78, 5) is 23.6. The number of aliphatic hydroxyl groups excluding tert-OH is 10. The molecule has 0 aromatic carbocycles. The van der Waals surface area contributed by atoms with Crippen LogP contribution in [0.5, 0.6) is 0 Å². The Kier molecular flexibility index (Phi) is 17.1. The molecule has 20 heteroatoms. The molecule has 20 nitrogen and oxygen atoms in total. The lowest BCUT2D eigenvalue weighted by Gasteiger charge is -2.50. The summed E-state index contributed by atoms with van der Waals surface area (Å²) in [7, 11) is 1.10. The molecular weight excluding hydrogens is 800 g/mol. The molecule has 11 N–H and O–H groups in total. The van der Waals surface area contributed by atoms with Gasteiger partial charge in [-0.1, -0.05) is 12.2 Å². The van der Waals surface area contributed by atoms with Gasteiger partial charge in [0.05, 0.1) is 56.8 Å². The van der Waals surface area contributed by atoms with Gasteiger partial charge >= 0.3 is 11.9 Å². The minimum atomic E-state index is -1.80. The van der Waals surface area contributed by atoms with Gasteiger partial charge in [-0.05, 0) is 57.3 Å². The van der Waals surface area contributed by atoms with Crippen molar-refractivity contribution in [1.29, 1.82) is 0 Å². The van der Waals surface area contributed by atoms with E-state index in [-0.39, 0.29) is 50.9 Å². The van der Waals surface area contributed by atoms with E-state index < -0.39 is 135 Å². The minimum Gasteiger partial charge on any atom is -0.469 e. The molecule has 0 radical (unpaired) electrons. The van der Waals surface area contributed by atoms with Crippen molar-refractivity contribution in [3.63, 3.8) is 0 Å². The Labute approximate surface area is 347 Å². The average molecular weight is 866 g/mol. The highest BCUT2D eigenvalue weighted by Gasteiger charge is 2.56. The maximum absolute atomic E-state index is 12.1. The Bertz CT molecular complexity index is 1400. The highest BCUT2D eigenvalue weighted by Crippen LogP contribution is 2.44. The lowest BCUT2D eigenvalue weighted by atomic mass is 9.72. The number of rotatable bonds is 14. The summed E-state index contributed by atoms with van der Waals surface area (Å²) < 4.78 is 45.0. The number of carbonyl (C=O) groups is 2. The molecule has 6 fully saturated rings. The quantitative estimate of drug-likeness (QED) is 0.0267. The summed E-state index contributed by atoms with van der Waals surface area (Å²) in [6.45, 7) is -0.547. The Hall–Kier alpha value is -1.96. The third kappa shape index (κ3) is 11.8. The summed E-state index contributed by atoms with van der Waals surface area (Å²) in [5.41, 5.74) is 0. The lowest BCUT2D eigenvalue weighted by molar-refractivity contribution is -0.367. The van der Waals surface area contributed by atoms with Crippen LogP contribution in [0, 0.1) is 17.8 Å². The van der Waals surface area contributed by atoms with Crippen LogP contribution < -0.4 is 0 Å². The van der Waals surface area contributed by atoms with Crippen LogP contribution in [-0.2, 0) is 42.7 Å². The fourth-order valence-corrected chi connectivity index (χ4v) is 9.52. The molecular formula is C40H65O20+. The zero-order chi connectivity index (χ0) is 43.2. The second kappa shape index (κ2) is 21.6. The summed E-state index contributed by atoms with van der Waals surface area (Å²) in [5.74, 6) is -2.33. The molecule has 60 heavy (non-hydrogen) atoms. The van der Waals surface area contributed by atoms with Gasteiger partial charge in [0.25, 0.3) is 0 Å². The summed E-state index contributed by atoms with van der Waals surface area (Å²) in [6, 6.07) is 0. The van der Waals surface area contributed by atoms with Crippen LogP contribution in [-0.4, -0.2) is 205 Å². The van der Waals surface area contributed by atoms with E-state index in [9.17, 15) is 60.7 Å². The van der Waals surface area contributed by atoms with E-state index in [4.69, 9.17) is 33.2 Å². The second-order valence-electron chi connectivity index (χ2n) is 17.3. The Balaban J connectivity index is 1.14. The standard InChI is InChI=1S/C40H64O20/c1-53-30(45)15-31(46)55-17-29-33(48)35(50)36(51)39(60-29)57-26-13-21(42)12-25-22(26)14-27(38(56-25)19-6-9-23(43)24(44)11-19)58-40-37(52)34(49)32(47)28(59-40)16-54-10-2-3-18-4-7-20(41)8-5-18/h2-3,18-29,32-44,47-52H,4-17H2,1H3/p+1/t18?,19?,20?,21?,22?,23?,24?,25?,26?,27?,28-,29-,32-,33-,34+,35+,36-,37-,38?,39-,40-/m1/s1. The molecule has 3 aliphatic heterocycles. The van der Waals surface area contributed by atoms with Crippen LogP contribution in [0.3, 0.4) is 0 Å². The highest BCUT2D eigenvalue weighted by atomic mass is 16.7. The van der Waals surface area contributed by atoms with Crippen molar-refractivity contribution in [3.05, 3.63) is 12.2 Å². The second-order valence-corrected chi connectivity index (χ2v) is 17.3. The van der Waals surface area contributed by atoms with E-state index in [0.717, 1.165) is 32.8 Å². The molecule has 9 unspecified atom stereocenters. The number of hydrogen-bond donors (Lipinski definition) is 10. The molecule has 6 rings (SSSR count). The monoisotopic (exact) mass is 865 g/mol. The van der Waals surface area contributed by atoms with Gasteiger partial charge < -0.3 is 89.0 Å². The predicted molar refractivity (Wildman–Crippen MR) is 201 cm³/mol. The molecule has 3 saturated carbocycles. The van der Waals surface area contributed by atoms with Gasteiger partial charge in [-0.25, -0.2) is 0 Å². The number of esters is 2. The number of hydrogen-bond acceptors (Lipinski definition) is 19.